The van der Waals surface area contributed by atoms with Crippen LogP contribution in [0.3, 0.4) is 0 Å². The molecule has 0 aliphatic rings. The molecule has 1 aromatic heterocycles. The summed E-state index contributed by atoms with van der Waals surface area (Å²) >= 11 is 1.65. The first kappa shape index (κ1) is 25.5. The molecule has 1 heterocycles. The van der Waals surface area contributed by atoms with Gasteiger partial charge in [-0.15, -0.1) is 10.2 Å². The number of aromatic nitrogens is 3. The van der Waals surface area contributed by atoms with Crippen LogP contribution in [0.5, 0.6) is 0 Å². The third-order valence-electron chi connectivity index (χ3n) is 6.56. The van der Waals surface area contributed by atoms with Gasteiger partial charge < -0.3 is 5.32 Å². The number of hydrogen-bond donors (Lipinski definition) is 1. The molecule has 0 aliphatic heterocycles. The lowest BCUT2D eigenvalue weighted by Crippen LogP contribution is -2.30. The van der Waals surface area contributed by atoms with E-state index in [1.54, 1.807) is 11.8 Å². The lowest BCUT2D eigenvalue weighted by atomic mass is 9.90. The summed E-state index contributed by atoms with van der Waals surface area (Å²) in [6.07, 6.45) is 0. The first-order valence-electron chi connectivity index (χ1n) is 12.7. The highest BCUT2D eigenvalue weighted by Gasteiger charge is 2.23. The molecule has 0 spiro atoms. The summed E-state index contributed by atoms with van der Waals surface area (Å²) in [6, 6.07) is 36.4. The minimum absolute atomic E-state index is 0.0741. The molecule has 0 saturated carbocycles. The molecule has 0 aliphatic carbocycles. The quantitative estimate of drug-likeness (QED) is 0.223. The zero-order valence-electron chi connectivity index (χ0n) is 21.5. The SMILES string of the molecule is Cc1ccc(-n2c(CNC(=O)C(c3ccccc3)c3ccccc3)nnc2SCc2ccccc2C)cc1. The largest absolute Gasteiger partial charge is 0.348 e. The molecule has 0 unspecified atom stereocenters. The Morgan fingerprint density at radius 3 is 2.03 bits per heavy atom. The topological polar surface area (TPSA) is 59.8 Å². The fraction of sp³-hybridized carbons (Fsp3) is 0.156. The number of carbonyl (C=O) groups is 1. The summed E-state index contributed by atoms with van der Waals surface area (Å²) in [5.74, 6) is 0.986. The Morgan fingerprint density at radius 1 is 0.789 bits per heavy atom. The van der Waals surface area contributed by atoms with Crippen LogP contribution in [0, 0.1) is 13.8 Å². The monoisotopic (exact) mass is 518 g/mol. The van der Waals surface area contributed by atoms with Gasteiger partial charge in [-0.25, -0.2) is 0 Å². The van der Waals surface area contributed by atoms with Crippen LogP contribution in [0.25, 0.3) is 5.69 Å². The van der Waals surface area contributed by atoms with Crippen molar-refractivity contribution < 1.29 is 4.79 Å². The first-order chi connectivity index (χ1) is 18.6. The van der Waals surface area contributed by atoms with Crippen molar-refractivity contribution >= 4 is 17.7 Å². The van der Waals surface area contributed by atoms with Crippen LogP contribution >= 0.6 is 11.8 Å². The van der Waals surface area contributed by atoms with Crippen LogP contribution in [0.2, 0.25) is 0 Å². The van der Waals surface area contributed by atoms with E-state index in [1.807, 2.05) is 65.2 Å². The Hall–Kier alpha value is -4.16. The summed E-state index contributed by atoms with van der Waals surface area (Å²) in [5.41, 5.74) is 6.57. The third kappa shape index (κ3) is 5.87. The maximum absolute atomic E-state index is 13.6. The van der Waals surface area contributed by atoms with Gasteiger partial charge in [0.1, 0.15) is 0 Å². The number of nitrogens with zero attached hydrogens (tertiary/aromatic N) is 3. The van der Waals surface area contributed by atoms with Gasteiger partial charge >= 0.3 is 0 Å². The summed E-state index contributed by atoms with van der Waals surface area (Å²) in [6.45, 7) is 4.45. The van der Waals surface area contributed by atoms with Gasteiger partial charge in [0, 0.05) is 11.4 Å². The van der Waals surface area contributed by atoms with Crippen molar-refractivity contribution in [2.45, 2.75) is 37.2 Å². The fourth-order valence-corrected chi connectivity index (χ4v) is 5.48. The van der Waals surface area contributed by atoms with Crippen molar-refractivity contribution in [2.24, 2.45) is 0 Å². The number of nitrogens with one attached hydrogen (secondary N) is 1. The van der Waals surface area contributed by atoms with Gasteiger partial charge in [-0.3, -0.25) is 9.36 Å². The first-order valence-corrected chi connectivity index (χ1v) is 13.6. The highest BCUT2D eigenvalue weighted by molar-refractivity contribution is 7.98. The Balaban J connectivity index is 1.41. The molecule has 0 radical (unpaired) electrons. The van der Waals surface area contributed by atoms with Gasteiger partial charge in [-0.1, -0.05) is 114 Å². The predicted octanol–water partition coefficient (Wildman–Crippen LogP) is 6.62. The highest BCUT2D eigenvalue weighted by Crippen LogP contribution is 2.28. The Morgan fingerprint density at radius 2 is 1.39 bits per heavy atom. The Kier molecular flexibility index (Phi) is 8.00. The van der Waals surface area contributed by atoms with Crippen LogP contribution < -0.4 is 5.32 Å². The van der Waals surface area contributed by atoms with Crippen molar-refractivity contribution in [1.82, 2.24) is 20.1 Å². The summed E-state index contributed by atoms with van der Waals surface area (Å²) in [4.78, 5) is 13.6. The number of benzene rings is 4. The molecule has 6 heteroatoms. The summed E-state index contributed by atoms with van der Waals surface area (Å²) < 4.78 is 2.04. The van der Waals surface area contributed by atoms with Crippen molar-refractivity contribution in [1.29, 1.82) is 0 Å². The number of hydrogen-bond acceptors (Lipinski definition) is 4. The molecule has 5 rings (SSSR count). The second-order valence-corrected chi connectivity index (χ2v) is 10.2. The summed E-state index contributed by atoms with van der Waals surface area (Å²) in [7, 11) is 0. The molecule has 5 aromatic rings. The Labute approximate surface area is 228 Å². The van der Waals surface area contributed by atoms with E-state index in [4.69, 9.17) is 0 Å². The maximum Gasteiger partial charge on any atom is 0.232 e. The van der Waals surface area contributed by atoms with E-state index in [2.05, 4.69) is 77.9 Å². The fourth-order valence-electron chi connectivity index (χ4n) is 4.43. The molecule has 1 N–H and O–H groups in total. The molecule has 38 heavy (non-hydrogen) atoms. The smallest absolute Gasteiger partial charge is 0.232 e. The average molecular weight is 519 g/mol. The number of rotatable bonds is 9. The van der Waals surface area contributed by atoms with E-state index >= 15 is 0 Å². The van der Waals surface area contributed by atoms with Gasteiger partial charge in [0.2, 0.25) is 5.91 Å². The molecule has 0 saturated heterocycles. The maximum atomic E-state index is 13.6. The zero-order valence-corrected chi connectivity index (χ0v) is 22.4. The molecule has 0 bridgehead atoms. The molecular weight excluding hydrogens is 488 g/mol. The Bertz CT molecular complexity index is 1460. The number of carbonyl (C=O) groups excluding carboxylic acids is 1. The number of thioether (sulfide) groups is 1. The van der Waals surface area contributed by atoms with Crippen LogP contribution in [0.4, 0.5) is 0 Å². The third-order valence-corrected chi connectivity index (χ3v) is 7.54. The van der Waals surface area contributed by atoms with Crippen LogP contribution in [-0.4, -0.2) is 20.7 Å². The van der Waals surface area contributed by atoms with Gasteiger partial charge in [0.25, 0.3) is 0 Å². The average Bonchev–Trinajstić information content (AvgIpc) is 3.36. The molecule has 5 nitrogen and oxygen atoms in total. The number of amides is 1. The van der Waals surface area contributed by atoms with E-state index in [-0.39, 0.29) is 12.5 Å². The van der Waals surface area contributed by atoms with E-state index < -0.39 is 5.92 Å². The van der Waals surface area contributed by atoms with Crippen molar-refractivity contribution in [3.05, 3.63) is 143 Å². The van der Waals surface area contributed by atoms with Crippen molar-refractivity contribution in [2.75, 3.05) is 0 Å². The normalized spacial score (nSPS) is 11.0. The van der Waals surface area contributed by atoms with E-state index in [0.29, 0.717) is 5.82 Å². The second-order valence-electron chi connectivity index (χ2n) is 9.26. The zero-order chi connectivity index (χ0) is 26.3. The minimum Gasteiger partial charge on any atom is -0.348 e. The van der Waals surface area contributed by atoms with E-state index in [0.717, 1.165) is 27.7 Å². The lowest BCUT2D eigenvalue weighted by Gasteiger charge is -2.18. The molecule has 0 fully saturated rings. The minimum atomic E-state index is -0.414. The van der Waals surface area contributed by atoms with Gasteiger partial charge in [-0.2, -0.15) is 0 Å². The predicted molar refractivity (Wildman–Crippen MR) is 153 cm³/mol. The van der Waals surface area contributed by atoms with Gasteiger partial charge in [0.15, 0.2) is 11.0 Å². The standard InChI is InChI=1S/C32H30N4OS/c1-23-17-19-28(20-18-23)36-29(34-35-32(36)38-22-27-16-10-9-11-24(27)2)21-33-31(37)30(25-12-5-3-6-13-25)26-14-7-4-8-15-26/h3-20,30H,21-22H2,1-2H3,(H,33,37). The second kappa shape index (κ2) is 11.9. The van der Waals surface area contributed by atoms with E-state index in [9.17, 15) is 4.79 Å². The van der Waals surface area contributed by atoms with Crippen molar-refractivity contribution in [3.63, 3.8) is 0 Å². The molecule has 190 valence electrons. The summed E-state index contributed by atoms with van der Waals surface area (Å²) in [5, 5.41) is 13.0. The van der Waals surface area contributed by atoms with Crippen LogP contribution in [-0.2, 0) is 17.1 Å². The van der Waals surface area contributed by atoms with Crippen molar-refractivity contribution in [3.8, 4) is 5.69 Å². The highest BCUT2D eigenvalue weighted by atomic mass is 32.2. The number of aryl methyl sites for hydroxylation is 2. The van der Waals surface area contributed by atoms with E-state index in [1.165, 1.54) is 16.7 Å². The molecule has 0 atom stereocenters. The van der Waals surface area contributed by atoms with Gasteiger partial charge in [0.05, 0.1) is 12.5 Å². The van der Waals surface area contributed by atoms with Crippen LogP contribution in [0.1, 0.15) is 39.6 Å². The van der Waals surface area contributed by atoms with Gasteiger partial charge in [-0.05, 0) is 48.2 Å². The lowest BCUT2D eigenvalue weighted by molar-refractivity contribution is -0.121. The molecule has 1 amide bonds. The van der Waals surface area contributed by atoms with Crippen LogP contribution in [0.15, 0.2) is 114 Å². The molecular formula is C32H30N4OS. The molecule has 4 aromatic carbocycles.